The highest BCUT2D eigenvalue weighted by atomic mass is 32.2. The van der Waals surface area contributed by atoms with Gasteiger partial charge in [-0.05, 0) is 23.6 Å². The van der Waals surface area contributed by atoms with Crippen LogP contribution in [0.4, 0.5) is 5.82 Å². The van der Waals surface area contributed by atoms with Crippen LogP contribution in [0.2, 0.25) is 0 Å². The Kier molecular flexibility index (Phi) is 4.73. The van der Waals surface area contributed by atoms with E-state index in [0.717, 1.165) is 4.88 Å². The average Bonchev–Trinajstić information content (AvgIpc) is 3.36. The van der Waals surface area contributed by atoms with E-state index in [1.807, 2.05) is 23.6 Å². The third kappa shape index (κ3) is 3.69. The van der Waals surface area contributed by atoms with Gasteiger partial charge in [0, 0.05) is 10.4 Å². The van der Waals surface area contributed by atoms with Crippen molar-refractivity contribution in [2.75, 3.05) is 5.32 Å². The molecule has 144 valence electrons. The van der Waals surface area contributed by atoms with Crippen LogP contribution in [0, 0.1) is 0 Å². The van der Waals surface area contributed by atoms with Crippen molar-refractivity contribution < 1.29 is 18.0 Å². The van der Waals surface area contributed by atoms with E-state index >= 15 is 0 Å². The lowest BCUT2D eigenvalue weighted by Crippen LogP contribution is -2.35. The first-order valence-electron chi connectivity index (χ1n) is 8.41. The number of aromatic nitrogens is 2. The molecule has 0 fully saturated rings. The second kappa shape index (κ2) is 7.21. The Balaban J connectivity index is 1.59. The van der Waals surface area contributed by atoms with Gasteiger partial charge < -0.3 is 10.6 Å². The first-order valence-corrected chi connectivity index (χ1v) is 11.1. The van der Waals surface area contributed by atoms with Crippen molar-refractivity contribution in [3.05, 3.63) is 64.0 Å². The minimum absolute atomic E-state index is 0.185. The summed E-state index contributed by atoms with van der Waals surface area (Å²) in [6.07, 6.45) is 0. The molecule has 2 amide bonds. The summed E-state index contributed by atoms with van der Waals surface area (Å²) >= 11 is 1.47. The number of benzene rings is 1. The van der Waals surface area contributed by atoms with Crippen LogP contribution >= 0.6 is 11.3 Å². The number of anilines is 1. The van der Waals surface area contributed by atoms with Crippen molar-refractivity contribution in [3.63, 3.8) is 0 Å². The molecule has 2 N–H and O–H groups in total. The molecule has 0 spiro atoms. The van der Waals surface area contributed by atoms with Crippen LogP contribution in [0.1, 0.15) is 16.1 Å². The van der Waals surface area contributed by atoms with Gasteiger partial charge in [0.15, 0.2) is 9.84 Å². The van der Waals surface area contributed by atoms with E-state index in [-0.39, 0.29) is 23.9 Å². The number of nitrogens with one attached hydrogen (secondary N) is 2. The van der Waals surface area contributed by atoms with Crippen LogP contribution in [0.3, 0.4) is 0 Å². The first kappa shape index (κ1) is 18.4. The Bertz CT molecular complexity index is 1140. The molecule has 0 atom stereocenters. The van der Waals surface area contributed by atoms with Gasteiger partial charge in [-0.3, -0.25) is 9.59 Å². The fourth-order valence-corrected chi connectivity index (χ4v) is 5.09. The van der Waals surface area contributed by atoms with E-state index in [4.69, 9.17) is 0 Å². The normalized spacial score (nSPS) is 14.4. The number of sulfone groups is 1. The average molecular weight is 416 g/mol. The number of hydrogen-bond donors (Lipinski definition) is 2. The fraction of sp³-hybridized carbons (Fsp3) is 0.167. The fourth-order valence-electron chi connectivity index (χ4n) is 2.95. The molecule has 10 heteroatoms. The Morgan fingerprint density at radius 1 is 1.07 bits per heavy atom. The smallest absolute Gasteiger partial charge is 0.314 e. The van der Waals surface area contributed by atoms with Crippen molar-refractivity contribution >= 4 is 38.8 Å². The SMILES string of the molecule is O=C(NCc1cccs1)C(=O)Nc1c2c(nn1-c1ccccc1)CS(=O)(=O)C2. The lowest BCUT2D eigenvalue weighted by Gasteiger charge is -2.11. The first-order chi connectivity index (χ1) is 13.4. The van der Waals surface area contributed by atoms with Crippen LogP contribution in [0.15, 0.2) is 47.8 Å². The number of thiophene rings is 1. The highest BCUT2D eigenvalue weighted by Crippen LogP contribution is 2.32. The second-order valence-electron chi connectivity index (χ2n) is 6.27. The molecule has 8 nitrogen and oxygen atoms in total. The van der Waals surface area contributed by atoms with Crippen molar-refractivity contribution in [3.8, 4) is 5.69 Å². The van der Waals surface area contributed by atoms with E-state index in [1.54, 1.807) is 24.3 Å². The number of carbonyl (C=O) groups is 2. The summed E-state index contributed by atoms with van der Waals surface area (Å²) in [4.78, 5) is 25.5. The Labute approximate surface area is 165 Å². The van der Waals surface area contributed by atoms with E-state index in [1.165, 1.54) is 16.0 Å². The molecule has 0 saturated heterocycles. The van der Waals surface area contributed by atoms with Gasteiger partial charge in [0.1, 0.15) is 5.82 Å². The van der Waals surface area contributed by atoms with Gasteiger partial charge in [0.05, 0.1) is 29.4 Å². The topological polar surface area (TPSA) is 110 Å². The van der Waals surface area contributed by atoms with Crippen LogP contribution in [-0.4, -0.2) is 30.0 Å². The van der Waals surface area contributed by atoms with E-state index in [2.05, 4.69) is 15.7 Å². The Morgan fingerprint density at radius 2 is 1.86 bits per heavy atom. The molecule has 0 aliphatic carbocycles. The van der Waals surface area contributed by atoms with E-state index in [0.29, 0.717) is 16.9 Å². The molecule has 0 radical (unpaired) electrons. The van der Waals surface area contributed by atoms with Crippen LogP contribution in [0.5, 0.6) is 0 Å². The molecule has 0 bridgehead atoms. The van der Waals surface area contributed by atoms with E-state index in [9.17, 15) is 18.0 Å². The summed E-state index contributed by atoms with van der Waals surface area (Å²) in [5.41, 5.74) is 1.46. The van der Waals surface area contributed by atoms with Crippen molar-refractivity contribution in [2.45, 2.75) is 18.1 Å². The lowest BCUT2D eigenvalue weighted by atomic mass is 10.2. The zero-order chi connectivity index (χ0) is 19.7. The zero-order valence-corrected chi connectivity index (χ0v) is 16.2. The quantitative estimate of drug-likeness (QED) is 0.628. The van der Waals surface area contributed by atoms with Crippen molar-refractivity contribution in [1.82, 2.24) is 15.1 Å². The third-order valence-electron chi connectivity index (χ3n) is 4.23. The number of rotatable bonds is 4. The highest BCUT2D eigenvalue weighted by molar-refractivity contribution is 7.90. The Morgan fingerprint density at radius 3 is 2.57 bits per heavy atom. The molecule has 28 heavy (non-hydrogen) atoms. The predicted octanol–water partition coefficient (Wildman–Crippen LogP) is 1.62. The van der Waals surface area contributed by atoms with Gasteiger partial charge in [-0.2, -0.15) is 5.10 Å². The second-order valence-corrected chi connectivity index (χ2v) is 9.37. The standard InChI is InChI=1S/C18H16N4O4S2/c23-17(19-9-13-7-4-8-27-13)18(24)20-16-14-10-28(25,26)11-15(14)21-22(16)12-5-2-1-3-6-12/h1-8H,9-11H2,(H,19,23)(H,20,24). The lowest BCUT2D eigenvalue weighted by molar-refractivity contribution is -0.136. The Hall–Kier alpha value is -2.98. The number of fused-ring (bicyclic) bond motifs is 1. The summed E-state index contributed by atoms with van der Waals surface area (Å²) < 4.78 is 25.4. The minimum Gasteiger partial charge on any atom is -0.343 e. The van der Waals surface area contributed by atoms with Gasteiger partial charge in [-0.25, -0.2) is 13.1 Å². The number of nitrogens with zero attached hydrogens (tertiary/aromatic N) is 2. The summed E-state index contributed by atoms with van der Waals surface area (Å²) in [5, 5.41) is 11.3. The zero-order valence-electron chi connectivity index (χ0n) is 14.6. The highest BCUT2D eigenvalue weighted by Gasteiger charge is 2.33. The minimum atomic E-state index is -3.31. The van der Waals surface area contributed by atoms with E-state index < -0.39 is 21.7 Å². The molecule has 3 heterocycles. The molecule has 2 aromatic heterocycles. The molecule has 0 unspecified atom stereocenters. The van der Waals surface area contributed by atoms with Gasteiger partial charge in [-0.15, -0.1) is 11.3 Å². The molecule has 1 aliphatic heterocycles. The van der Waals surface area contributed by atoms with Gasteiger partial charge in [-0.1, -0.05) is 24.3 Å². The molecule has 0 saturated carbocycles. The molecular weight excluding hydrogens is 400 g/mol. The van der Waals surface area contributed by atoms with Crippen molar-refractivity contribution in [1.29, 1.82) is 0 Å². The molecule has 3 aromatic rings. The molecule has 1 aliphatic rings. The van der Waals surface area contributed by atoms with Gasteiger partial charge in [0.25, 0.3) is 0 Å². The summed E-state index contributed by atoms with van der Waals surface area (Å²) in [6, 6.07) is 12.7. The summed E-state index contributed by atoms with van der Waals surface area (Å²) in [5.74, 6) is -1.87. The van der Waals surface area contributed by atoms with Gasteiger partial charge in [0.2, 0.25) is 0 Å². The molecule has 4 rings (SSSR count). The largest absolute Gasteiger partial charge is 0.343 e. The van der Waals surface area contributed by atoms with Crippen LogP contribution < -0.4 is 10.6 Å². The summed E-state index contributed by atoms with van der Waals surface area (Å²) in [7, 11) is -3.31. The van der Waals surface area contributed by atoms with Crippen LogP contribution in [0.25, 0.3) is 5.69 Å². The van der Waals surface area contributed by atoms with Crippen molar-refractivity contribution in [2.24, 2.45) is 0 Å². The third-order valence-corrected chi connectivity index (χ3v) is 6.55. The predicted molar refractivity (Wildman–Crippen MR) is 105 cm³/mol. The monoisotopic (exact) mass is 416 g/mol. The maximum absolute atomic E-state index is 12.4. The maximum Gasteiger partial charge on any atom is 0.314 e. The number of para-hydroxylation sites is 1. The van der Waals surface area contributed by atoms with Crippen LogP contribution in [-0.2, 0) is 37.5 Å². The van der Waals surface area contributed by atoms with Gasteiger partial charge >= 0.3 is 11.8 Å². The maximum atomic E-state index is 12.4. The number of hydrogen-bond acceptors (Lipinski definition) is 6. The number of carbonyl (C=O) groups excluding carboxylic acids is 2. The summed E-state index contributed by atoms with van der Waals surface area (Å²) in [6.45, 7) is 0.244. The molecule has 1 aromatic carbocycles. The number of amides is 2. The molecular formula is C18H16N4O4S2.